The molecule has 1 amide bonds. The van der Waals surface area contributed by atoms with Crippen molar-refractivity contribution in [3.05, 3.63) is 18.0 Å². The Bertz CT molecular complexity index is 481. The van der Waals surface area contributed by atoms with E-state index in [1.807, 2.05) is 24.1 Å². The largest absolute Gasteiger partial charge is 0.342 e. The number of hydrogen-bond acceptors (Lipinski definition) is 2. The van der Waals surface area contributed by atoms with Crippen molar-refractivity contribution in [1.82, 2.24) is 15.1 Å². The standard InChI is InChI=1S/C14H19N3O/c1-3-5-14(18)16-13-7-4-6-12(13)8-11-9-15-17(2)10-11/h9-10,12-13H,4,6-8H2,1-2H3,(H,16,18). The molecule has 96 valence electrons. The zero-order chi connectivity index (χ0) is 13.0. The third kappa shape index (κ3) is 3.13. The molecule has 1 aromatic heterocycles. The molecule has 1 aliphatic rings. The molecule has 18 heavy (non-hydrogen) atoms. The highest BCUT2D eigenvalue weighted by Gasteiger charge is 2.28. The zero-order valence-electron chi connectivity index (χ0n) is 10.9. The van der Waals surface area contributed by atoms with E-state index in [4.69, 9.17) is 0 Å². The predicted octanol–water partition coefficient (Wildman–Crippen LogP) is 1.27. The van der Waals surface area contributed by atoms with E-state index < -0.39 is 0 Å². The number of amides is 1. The first-order valence-electron chi connectivity index (χ1n) is 6.40. The molecule has 1 aliphatic carbocycles. The van der Waals surface area contributed by atoms with Crippen LogP contribution in [0.2, 0.25) is 0 Å². The second-order valence-electron chi connectivity index (χ2n) is 4.87. The van der Waals surface area contributed by atoms with Gasteiger partial charge in [0, 0.05) is 19.3 Å². The van der Waals surface area contributed by atoms with Crippen molar-refractivity contribution < 1.29 is 4.79 Å². The van der Waals surface area contributed by atoms with E-state index in [1.165, 1.54) is 18.4 Å². The molecular weight excluding hydrogens is 226 g/mol. The number of nitrogens with zero attached hydrogens (tertiary/aromatic N) is 2. The summed E-state index contributed by atoms with van der Waals surface area (Å²) in [5, 5.41) is 7.20. The van der Waals surface area contributed by atoms with Gasteiger partial charge >= 0.3 is 0 Å². The van der Waals surface area contributed by atoms with Crippen LogP contribution in [-0.4, -0.2) is 21.7 Å². The van der Waals surface area contributed by atoms with Gasteiger partial charge in [0.1, 0.15) is 0 Å². The number of hydrogen-bond donors (Lipinski definition) is 1. The Balaban J connectivity index is 1.94. The summed E-state index contributed by atoms with van der Waals surface area (Å²) in [6, 6.07) is 0.263. The minimum Gasteiger partial charge on any atom is -0.342 e. The van der Waals surface area contributed by atoms with Gasteiger partial charge in [0.15, 0.2) is 0 Å². The van der Waals surface area contributed by atoms with Gasteiger partial charge < -0.3 is 5.32 Å². The third-order valence-electron chi connectivity index (χ3n) is 3.47. The van der Waals surface area contributed by atoms with E-state index in [0.29, 0.717) is 5.92 Å². The van der Waals surface area contributed by atoms with Crippen LogP contribution >= 0.6 is 0 Å². The maximum absolute atomic E-state index is 11.5. The molecule has 1 saturated carbocycles. The van der Waals surface area contributed by atoms with Crippen molar-refractivity contribution in [2.45, 2.75) is 38.6 Å². The number of nitrogens with one attached hydrogen (secondary N) is 1. The van der Waals surface area contributed by atoms with Crippen molar-refractivity contribution in [3.8, 4) is 11.8 Å². The third-order valence-corrected chi connectivity index (χ3v) is 3.47. The molecule has 0 radical (unpaired) electrons. The maximum Gasteiger partial charge on any atom is 0.296 e. The molecular formula is C14H19N3O. The van der Waals surface area contributed by atoms with Crippen LogP contribution in [0.1, 0.15) is 31.7 Å². The molecule has 1 heterocycles. The van der Waals surface area contributed by atoms with Crippen LogP contribution in [0.15, 0.2) is 12.4 Å². The molecule has 2 unspecified atom stereocenters. The Labute approximate surface area is 108 Å². The minimum absolute atomic E-state index is 0.152. The van der Waals surface area contributed by atoms with E-state index in [0.717, 1.165) is 12.8 Å². The first-order chi connectivity index (χ1) is 8.69. The van der Waals surface area contributed by atoms with Crippen LogP contribution < -0.4 is 5.32 Å². The molecule has 2 rings (SSSR count). The fourth-order valence-corrected chi connectivity index (χ4v) is 2.67. The highest BCUT2D eigenvalue weighted by molar-refractivity contribution is 5.93. The molecule has 0 aliphatic heterocycles. The molecule has 4 heteroatoms. The minimum atomic E-state index is -0.152. The fraction of sp³-hybridized carbons (Fsp3) is 0.571. The molecule has 1 aromatic rings. The summed E-state index contributed by atoms with van der Waals surface area (Å²) >= 11 is 0. The van der Waals surface area contributed by atoms with Gasteiger partial charge in [-0.05, 0) is 43.6 Å². The van der Waals surface area contributed by atoms with Crippen LogP contribution in [-0.2, 0) is 18.3 Å². The molecule has 0 saturated heterocycles. The van der Waals surface area contributed by atoms with Gasteiger partial charge in [0.2, 0.25) is 0 Å². The van der Waals surface area contributed by atoms with Crippen LogP contribution in [0.4, 0.5) is 0 Å². The Morgan fingerprint density at radius 2 is 2.44 bits per heavy atom. The average molecular weight is 245 g/mol. The van der Waals surface area contributed by atoms with E-state index in [2.05, 4.69) is 22.3 Å². The fourth-order valence-electron chi connectivity index (χ4n) is 2.67. The first kappa shape index (κ1) is 12.7. The monoisotopic (exact) mass is 245 g/mol. The SMILES string of the molecule is CC#CC(=O)NC1CCCC1Cc1cnn(C)c1. The second-order valence-corrected chi connectivity index (χ2v) is 4.87. The van der Waals surface area contributed by atoms with Gasteiger partial charge in [-0.15, -0.1) is 0 Å². The smallest absolute Gasteiger partial charge is 0.296 e. The normalized spacial score (nSPS) is 22.3. The lowest BCUT2D eigenvalue weighted by atomic mass is 9.96. The summed E-state index contributed by atoms with van der Waals surface area (Å²) in [5.41, 5.74) is 1.24. The van der Waals surface area contributed by atoms with E-state index in [9.17, 15) is 4.79 Å². The van der Waals surface area contributed by atoms with Gasteiger partial charge in [-0.1, -0.05) is 12.3 Å². The van der Waals surface area contributed by atoms with Gasteiger partial charge in [0.25, 0.3) is 5.91 Å². The van der Waals surface area contributed by atoms with Gasteiger partial charge in [-0.2, -0.15) is 5.10 Å². The Hall–Kier alpha value is -1.76. The van der Waals surface area contributed by atoms with E-state index in [1.54, 1.807) is 6.92 Å². The molecule has 2 atom stereocenters. The molecule has 0 spiro atoms. The highest BCUT2D eigenvalue weighted by Crippen LogP contribution is 2.28. The van der Waals surface area contributed by atoms with Crippen molar-refractivity contribution in [3.63, 3.8) is 0 Å². The number of carbonyl (C=O) groups is 1. The van der Waals surface area contributed by atoms with Gasteiger partial charge in [-0.25, -0.2) is 0 Å². The lowest BCUT2D eigenvalue weighted by molar-refractivity contribution is -0.116. The summed E-state index contributed by atoms with van der Waals surface area (Å²) in [4.78, 5) is 11.5. The predicted molar refractivity (Wildman–Crippen MR) is 69.6 cm³/mol. The zero-order valence-corrected chi connectivity index (χ0v) is 10.9. The number of aryl methyl sites for hydroxylation is 1. The average Bonchev–Trinajstić information content (AvgIpc) is 2.90. The van der Waals surface area contributed by atoms with Crippen molar-refractivity contribution in [2.24, 2.45) is 13.0 Å². The molecule has 1 fully saturated rings. The lowest BCUT2D eigenvalue weighted by Crippen LogP contribution is -2.37. The Morgan fingerprint density at radius 3 is 3.11 bits per heavy atom. The molecule has 0 aromatic carbocycles. The summed E-state index contributed by atoms with van der Waals surface area (Å²) in [6.07, 6.45) is 8.33. The van der Waals surface area contributed by atoms with Crippen molar-refractivity contribution >= 4 is 5.91 Å². The maximum atomic E-state index is 11.5. The molecule has 0 bridgehead atoms. The van der Waals surface area contributed by atoms with Crippen LogP contribution in [0.25, 0.3) is 0 Å². The number of carbonyl (C=O) groups excluding carboxylic acids is 1. The van der Waals surface area contributed by atoms with Crippen molar-refractivity contribution in [1.29, 1.82) is 0 Å². The van der Waals surface area contributed by atoms with E-state index >= 15 is 0 Å². The Morgan fingerprint density at radius 1 is 1.61 bits per heavy atom. The first-order valence-corrected chi connectivity index (χ1v) is 6.40. The quantitative estimate of drug-likeness (QED) is 0.815. The van der Waals surface area contributed by atoms with Crippen LogP contribution in [0.5, 0.6) is 0 Å². The summed E-state index contributed by atoms with van der Waals surface area (Å²) in [5.74, 6) is 5.54. The summed E-state index contributed by atoms with van der Waals surface area (Å²) < 4.78 is 1.82. The van der Waals surface area contributed by atoms with E-state index in [-0.39, 0.29) is 11.9 Å². The molecule has 4 nitrogen and oxygen atoms in total. The van der Waals surface area contributed by atoms with Gasteiger partial charge in [-0.3, -0.25) is 9.48 Å². The van der Waals surface area contributed by atoms with Crippen molar-refractivity contribution in [2.75, 3.05) is 0 Å². The van der Waals surface area contributed by atoms with Gasteiger partial charge in [0.05, 0.1) is 6.20 Å². The Kier molecular flexibility index (Phi) is 4.03. The number of rotatable bonds is 3. The summed E-state index contributed by atoms with van der Waals surface area (Å²) in [7, 11) is 1.92. The topological polar surface area (TPSA) is 46.9 Å². The van der Waals surface area contributed by atoms with Crippen LogP contribution in [0, 0.1) is 17.8 Å². The molecule has 1 N–H and O–H groups in total. The summed E-state index contributed by atoms with van der Waals surface area (Å²) in [6.45, 7) is 1.68. The lowest BCUT2D eigenvalue weighted by Gasteiger charge is -2.19. The highest BCUT2D eigenvalue weighted by atomic mass is 16.1. The van der Waals surface area contributed by atoms with Crippen LogP contribution in [0.3, 0.4) is 0 Å². The number of aromatic nitrogens is 2. The second kappa shape index (κ2) is 5.72.